The first-order valence-electron chi connectivity index (χ1n) is 8.73. The van der Waals surface area contributed by atoms with Crippen LogP contribution in [0.4, 0.5) is 9.18 Å². The minimum atomic E-state index is -1.26. The summed E-state index contributed by atoms with van der Waals surface area (Å²) in [5, 5.41) is 18.9. The highest BCUT2D eigenvalue weighted by atomic mass is 19.1. The maximum absolute atomic E-state index is 13.4. The van der Waals surface area contributed by atoms with E-state index < -0.39 is 18.1 Å². The second-order valence-electron chi connectivity index (χ2n) is 6.85. The van der Waals surface area contributed by atoms with Gasteiger partial charge in [0.1, 0.15) is 11.9 Å². The van der Waals surface area contributed by atoms with Crippen LogP contribution >= 0.6 is 0 Å². The second-order valence-corrected chi connectivity index (χ2v) is 6.85. The van der Waals surface area contributed by atoms with Gasteiger partial charge < -0.3 is 14.8 Å². The van der Waals surface area contributed by atoms with Gasteiger partial charge in [-0.2, -0.15) is 0 Å². The summed E-state index contributed by atoms with van der Waals surface area (Å²) in [4.78, 5) is 28.2. The molecule has 2 N–H and O–H groups in total. The van der Waals surface area contributed by atoms with Crippen LogP contribution < -0.4 is 0 Å². The van der Waals surface area contributed by atoms with Gasteiger partial charge in [0.2, 0.25) is 0 Å². The van der Waals surface area contributed by atoms with Crippen molar-refractivity contribution in [1.82, 2.24) is 14.5 Å². The summed E-state index contributed by atoms with van der Waals surface area (Å²) in [7, 11) is 0. The first-order valence-corrected chi connectivity index (χ1v) is 8.73. The van der Waals surface area contributed by atoms with Crippen molar-refractivity contribution < 1.29 is 24.2 Å². The Kier molecular flexibility index (Phi) is 6.92. The molecule has 1 atom stereocenters. The molecule has 1 amide bonds. The third kappa shape index (κ3) is 5.80. The molecule has 1 aromatic heterocycles. The van der Waals surface area contributed by atoms with E-state index in [0.717, 1.165) is 16.2 Å². The molecule has 0 bridgehead atoms. The lowest BCUT2D eigenvalue weighted by Crippen LogP contribution is -2.46. The number of nitrogens with zero attached hydrogens (tertiary/aromatic N) is 3. The molecule has 0 saturated carbocycles. The number of amides is 1. The summed E-state index contributed by atoms with van der Waals surface area (Å²) in [6.07, 6.45) is 2.48. The minimum absolute atomic E-state index is 0.0356. The third-order valence-electron chi connectivity index (χ3n) is 4.25. The van der Waals surface area contributed by atoms with E-state index in [1.165, 1.54) is 12.1 Å². The minimum Gasteiger partial charge on any atom is -0.480 e. The molecule has 0 radical (unpaired) electrons. The molecule has 0 aliphatic rings. The molecule has 2 aromatic rings. The zero-order valence-electron chi connectivity index (χ0n) is 15.4. The van der Waals surface area contributed by atoms with E-state index in [9.17, 15) is 24.2 Å². The maximum Gasteiger partial charge on any atom is 0.408 e. The lowest BCUT2D eigenvalue weighted by Gasteiger charge is -2.27. The van der Waals surface area contributed by atoms with Gasteiger partial charge >= 0.3 is 12.1 Å². The van der Waals surface area contributed by atoms with Gasteiger partial charge in [0.25, 0.3) is 0 Å². The molecule has 8 heteroatoms. The van der Waals surface area contributed by atoms with Crippen LogP contribution in [0.15, 0.2) is 36.8 Å². The highest BCUT2D eigenvalue weighted by molar-refractivity contribution is 5.79. The van der Waals surface area contributed by atoms with Crippen LogP contribution in [0.5, 0.6) is 0 Å². The largest absolute Gasteiger partial charge is 0.480 e. The Balaban J connectivity index is 2.11. The average molecular weight is 377 g/mol. The first kappa shape index (κ1) is 20.4. The lowest BCUT2D eigenvalue weighted by molar-refractivity contribution is -0.143. The van der Waals surface area contributed by atoms with Gasteiger partial charge in [-0.3, -0.25) is 4.90 Å². The fourth-order valence-corrected chi connectivity index (χ4v) is 2.96. The predicted molar refractivity (Wildman–Crippen MR) is 97.0 cm³/mol. The molecule has 146 valence electrons. The number of carboxylic acid groups (broad SMARTS) is 2. The Labute approximate surface area is 157 Å². The van der Waals surface area contributed by atoms with Crippen molar-refractivity contribution in [2.75, 3.05) is 6.54 Å². The van der Waals surface area contributed by atoms with Crippen LogP contribution in [-0.4, -0.2) is 49.3 Å². The van der Waals surface area contributed by atoms with Crippen molar-refractivity contribution in [1.29, 1.82) is 0 Å². The topological polar surface area (TPSA) is 95.7 Å². The molecule has 7 nitrogen and oxygen atoms in total. The third-order valence-corrected chi connectivity index (χ3v) is 4.25. The smallest absolute Gasteiger partial charge is 0.408 e. The zero-order chi connectivity index (χ0) is 20.0. The molecule has 0 aliphatic carbocycles. The number of halogens is 1. The van der Waals surface area contributed by atoms with Crippen molar-refractivity contribution in [3.8, 4) is 0 Å². The van der Waals surface area contributed by atoms with E-state index in [4.69, 9.17) is 0 Å². The number of aromatic nitrogens is 2. The van der Waals surface area contributed by atoms with Crippen LogP contribution in [0.2, 0.25) is 0 Å². The Bertz CT molecular complexity index is 791. The molecule has 1 heterocycles. The molecule has 0 saturated heterocycles. The van der Waals surface area contributed by atoms with Crippen molar-refractivity contribution in [2.45, 2.75) is 39.3 Å². The summed E-state index contributed by atoms with van der Waals surface area (Å²) in [6, 6.07) is 5.11. The van der Waals surface area contributed by atoms with E-state index in [1.807, 2.05) is 13.8 Å². The normalized spacial score (nSPS) is 12.1. The number of hydrogen-bond acceptors (Lipinski definition) is 3. The second kappa shape index (κ2) is 9.16. The molecule has 1 aromatic carbocycles. The van der Waals surface area contributed by atoms with Crippen LogP contribution in [0.3, 0.4) is 0 Å². The molecule has 0 fully saturated rings. The molecule has 0 aliphatic heterocycles. The molecule has 27 heavy (non-hydrogen) atoms. The van der Waals surface area contributed by atoms with Crippen LogP contribution in [-0.2, 0) is 17.8 Å². The Morgan fingerprint density at radius 2 is 2.04 bits per heavy atom. The van der Waals surface area contributed by atoms with E-state index in [1.54, 1.807) is 29.2 Å². The highest BCUT2D eigenvalue weighted by Gasteiger charge is 2.30. The number of carboxylic acids is 1. The summed E-state index contributed by atoms with van der Waals surface area (Å²) >= 11 is 0. The molecular weight excluding hydrogens is 353 g/mol. The van der Waals surface area contributed by atoms with Crippen molar-refractivity contribution in [3.05, 3.63) is 53.9 Å². The quantitative estimate of drug-likeness (QED) is 0.700. The van der Waals surface area contributed by atoms with Gasteiger partial charge in [0, 0.05) is 31.4 Å². The van der Waals surface area contributed by atoms with Gasteiger partial charge in [0.05, 0.1) is 6.33 Å². The number of aliphatic carboxylic acids is 1. The van der Waals surface area contributed by atoms with Crippen LogP contribution in [0.1, 0.15) is 31.5 Å². The number of imidazole rings is 1. The molecular formula is C19H24FN3O4. The van der Waals surface area contributed by atoms with E-state index in [0.29, 0.717) is 13.0 Å². The van der Waals surface area contributed by atoms with E-state index in [2.05, 4.69) is 4.98 Å². The molecule has 0 spiro atoms. The number of carbonyl (C=O) groups is 2. The summed E-state index contributed by atoms with van der Waals surface area (Å²) in [6.45, 7) is 4.14. The highest BCUT2D eigenvalue weighted by Crippen LogP contribution is 2.15. The number of hydrogen-bond donors (Lipinski definition) is 2. The van der Waals surface area contributed by atoms with Crippen molar-refractivity contribution in [2.24, 2.45) is 5.92 Å². The number of rotatable bonds is 9. The Morgan fingerprint density at radius 3 is 2.63 bits per heavy atom. The van der Waals surface area contributed by atoms with Crippen molar-refractivity contribution >= 4 is 12.1 Å². The predicted octanol–water partition coefficient (Wildman–Crippen LogP) is 3.09. The van der Waals surface area contributed by atoms with Gasteiger partial charge in [-0.05, 0) is 30.0 Å². The molecule has 1 unspecified atom stereocenters. The van der Waals surface area contributed by atoms with Crippen molar-refractivity contribution in [3.63, 3.8) is 0 Å². The van der Waals surface area contributed by atoms with Gasteiger partial charge in [0.15, 0.2) is 0 Å². The summed E-state index contributed by atoms with van der Waals surface area (Å²) in [5.74, 6) is -1.44. The van der Waals surface area contributed by atoms with E-state index in [-0.39, 0.29) is 24.7 Å². The Hall–Kier alpha value is -2.90. The fourth-order valence-electron chi connectivity index (χ4n) is 2.96. The lowest BCUT2D eigenvalue weighted by atomic mass is 10.0. The zero-order valence-corrected chi connectivity index (χ0v) is 15.4. The summed E-state index contributed by atoms with van der Waals surface area (Å²) in [5.41, 5.74) is 1.51. The SMILES string of the molecule is CC(C)CC(C(=O)O)N(CCc1cncn1Cc1cccc(F)c1)C(=O)O. The molecule has 2 rings (SSSR count). The van der Waals surface area contributed by atoms with Gasteiger partial charge in [-0.1, -0.05) is 26.0 Å². The maximum atomic E-state index is 13.4. The average Bonchev–Trinajstić information content (AvgIpc) is 3.00. The summed E-state index contributed by atoms with van der Waals surface area (Å²) < 4.78 is 15.2. The van der Waals surface area contributed by atoms with E-state index >= 15 is 0 Å². The van der Waals surface area contributed by atoms with Gasteiger partial charge in [-0.15, -0.1) is 0 Å². The van der Waals surface area contributed by atoms with Gasteiger partial charge in [-0.25, -0.2) is 19.0 Å². The Morgan fingerprint density at radius 1 is 1.30 bits per heavy atom. The monoisotopic (exact) mass is 377 g/mol. The first-order chi connectivity index (χ1) is 12.8. The fraction of sp³-hybridized carbons (Fsp3) is 0.421. The van der Waals surface area contributed by atoms with Crippen LogP contribution in [0, 0.1) is 11.7 Å². The number of benzene rings is 1. The standard InChI is InChI=1S/C19H24FN3O4/c1-13(2)8-17(18(24)25)23(19(26)27)7-6-16-10-21-12-22(16)11-14-4-3-5-15(20)9-14/h3-5,9-10,12-13,17H,6-8,11H2,1-2H3,(H,24,25)(H,26,27). The van der Waals surface area contributed by atoms with Crippen LogP contribution in [0.25, 0.3) is 0 Å².